The quantitative estimate of drug-likeness (QED) is 0.520. The van der Waals surface area contributed by atoms with Crippen molar-refractivity contribution in [2.24, 2.45) is 0 Å². The fourth-order valence-electron chi connectivity index (χ4n) is 2.56. The van der Waals surface area contributed by atoms with Crippen LogP contribution in [0.3, 0.4) is 0 Å². The number of methoxy groups -OCH3 is 1. The molecule has 0 fully saturated rings. The minimum absolute atomic E-state index is 0.119. The normalized spacial score (nSPS) is 20.2. The molecule has 0 N–H and O–H groups in total. The SMILES string of the molecule is CCOP1(=O)CCC([Se]c2ccccc2)=C(c2ccc(OC)cc2)O1. The summed E-state index contributed by atoms with van der Waals surface area (Å²) < 4.78 is 31.9. The van der Waals surface area contributed by atoms with Crippen LogP contribution in [0.1, 0.15) is 18.9 Å². The van der Waals surface area contributed by atoms with Crippen molar-refractivity contribution >= 4 is 32.8 Å². The second-order valence-electron chi connectivity index (χ2n) is 5.49. The second kappa shape index (κ2) is 8.25. The maximum atomic E-state index is 12.8. The van der Waals surface area contributed by atoms with Crippen molar-refractivity contribution in [1.29, 1.82) is 0 Å². The first-order chi connectivity index (χ1) is 12.1. The molecule has 0 aliphatic carbocycles. The first-order valence-corrected chi connectivity index (χ1v) is 11.6. The van der Waals surface area contributed by atoms with E-state index >= 15 is 0 Å². The zero-order chi connectivity index (χ0) is 17.7. The summed E-state index contributed by atoms with van der Waals surface area (Å²) in [6.07, 6.45) is 1.16. The average Bonchev–Trinajstić information content (AvgIpc) is 2.64. The molecule has 0 aromatic heterocycles. The Labute approximate surface area is 154 Å². The molecule has 1 atom stereocenters. The Bertz CT molecular complexity index is 787. The molecule has 0 saturated heterocycles. The van der Waals surface area contributed by atoms with E-state index in [1.54, 1.807) is 7.11 Å². The molecule has 0 bridgehead atoms. The molecule has 3 rings (SSSR count). The molecule has 0 amide bonds. The first-order valence-electron chi connectivity index (χ1n) is 8.17. The van der Waals surface area contributed by atoms with E-state index in [0.717, 1.165) is 17.7 Å². The summed E-state index contributed by atoms with van der Waals surface area (Å²) in [5.74, 6) is 1.48. The van der Waals surface area contributed by atoms with Gasteiger partial charge in [0.1, 0.15) is 0 Å². The van der Waals surface area contributed by atoms with Gasteiger partial charge in [0.05, 0.1) is 0 Å². The summed E-state index contributed by atoms with van der Waals surface area (Å²) >= 11 is 0.119. The fourth-order valence-corrected chi connectivity index (χ4v) is 6.87. The Kier molecular flexibility index (Phi) is 6.03. The van der Waals surface area contributed by atoms with Crippen molar-refractivity contribution in [2.75, 3.05) is 19.9 Å². The molecule has 6 heteroatoms. The third kappa shape index (κ3) is 4.56. The molecule has 1 heterocycles. The van der Waals surface area contributed by atoms with Gasteiger partial charge in [-0.3, -0.25) is 0 Å². The Balaban J connectivity index is 1.97. The van der Waals surface area contributed by atoms with Crippen LogP contribution in [0, 0.1) is 0 Å². The topological polar surface area (TPSA) is 44.8 Å². The summed E-state index contributed by atoms with van der Waals surface area (Å²) in [5, 5.41) is 0. The van der Waals surface area contributed by atoms with E-state index in [-0.39, 0.29) is 15.0 Å². The van der Waals surface area contributed by atoms with Crippen molar-refractivity contribution in [2.45, 2.75) is 13.3 Å². The Morgan fingerprint density at radius 3 is 2.48 bits per heavy atom. The van der Waals surface area contributed by atoms with Gasteiger partial charge in [-0.1, -0.05) is 0 Å². The van der Waals surface area contributed by atoms with Crippen LogP contribution in [-0.4, -0.2) is 34.8 Å². The fraction of sp³-hybridized carbons (Fsp3) is 0.263. The number of rotatable bonds is 6. The number of hydrogen-bond donors (Lipinski definition) is 0. The van der Waals surface area contributed by atoms with Gasteiger partial charge in [-0.2, -0.15) is 0 Å². The van der Waals surface area contributed by atoms with Gasteiger partial charge in [0.25, 0.3) is 0 Å². The van der Waals surface area contributed by atoms with Crippen molar-refractivity contribution in [3.05, 3.63) is 64.6 Å². The number of benzene rings is 2. The molecule has 0 saturated carbocycles. The molecule has 2 aromatic carbocycles. The molecule has 1 unspecified atom stereocenters. The van der Waals surface area contributed by atoms with Crippen LogP contribution in [0.4, 0.5) is 0 Å². The molecular formula is C19H21O4PSe. The van der Waals surface area contributed by atoms with E-state index in [9.17, 15) is 4.57 Å². The number of ether oxygens (including phenoxy) is 1. The van der Waals surface area contributed by atoms with Crippen LogP contribution in [0.25, 0.3) is 5.76 Å². The van der Waals surface area contributed by atoms with Gasteiger partial charge in [0.2, 0.25) is 0 Å². The van der Waals surface area contributed by atoms with Crippen LogP contribution in [-0.2, 0) is 13.6 Å². The molecule has 132 valence electrons. The van der Waals surface area contributed by atoms with Gasteiger partial charge in [0.15, 0.2) is 0 Å². The van der Waals surface area contributed by atoms with Crippen LogP contribution < -0.4 is 9.20 Å². The standard InChI is InChI=1S/C19H21O4PSe/c1-3-22-24(20)14-13-18(25-17-7-5-4-6-8-17)19(23-24)15-9-11-16(21-2)12-10-15/h4-12H,3,13-14H2,1-2H3. The van der Waals surface area contributed by atoms with E-state index in [0.29, 0.717) is 18.5 Å². The van der Waals surface area contributed by atoms with Gasteiger partial charge >= 0.3 is 155 Å². The zero-order valence-electron chi connectivity index (χ0n) is 14.3. The molecule has 2 aromatic rings. The van der Waals surface area contributed by atoms with Gasteiger partial charge in [-0.15, -0.1) is 0 Å². The number of hydrogen-bond acceptors (Lipinski definition) is 4. The van der Waals surface area contributed by atoms with E-state index < -0.39 is 7.60 Å². The monoisotopic (exact) mass is 424 g/mol. The predicted octanol–water partition coefficient (Wildman–Crippen LogP) is 4.04. The van der Waals surface area contributed by atoms with Gasteiger partial charge < -0.3 is 0 Å². The number of allylic oxidation sites excluding steroid dienone is 1. The van der Waals surface area contributed by atoms with E-state index in [4.69, 9.17) is 13.8 Å². The first kappa shape index (κ1) is 18.3. The van der Waals surface area contributed by atoms with E-state index in [2.05, 4.69) is 12.1 Å². The van der Waals surface area contributed by atoms with E-state index in [1.165, 1.54) is 8.93 Å². The van der Waals surface area contributed by atoms with Crippen molar-refractivity contribution in [3.8, 4) is 5.75 Å². The second-order valence-corrected chi connectivity index (χ2v) is 10.1. The third-order valence-corrected chi connectivity index (χ3v) is 8.04. The summed E-state index contributed by atoms with van der Waals surface area (Å²) in [5.41, 5.74) is 0.910. The minimum atomic E-state index is -3.08. The molecule has 1 aliphatic heterocycles. The van der Waals surface area contributed by atoms with Crippen molar-refractivity contribution in [1.82, 2.24) is 0 Å². The third-order valence-electron chi connectivity index (χ3n) is 3.76. The summed E-state index contributed by atoms with van der Waals surface area (Å²) in [7, 11) is -1.44. The Morgan fingerprint density at radius 1 is 1.12 bits per heavy atom. The molecule has 25 heavy (non-hydrogen) atoms. The molecule has 4 nitrogen and oxygen atoms in total. The molecular weight excluding hydrogens is 402 g/mol. The molecule has 0 radical (unpaired) electrons. The zero-order valence-corrected chi connectivity index (χ0v) is 16.9. The summed E-state index contributed by atoms with van der Waals surface area (Å²) in [6, 6.07) is 18.0. The van der Waals surface area contributed by atoms with E-state index in [1.807, 2.05) is 49.4 Å². The molecule has 0 spiro atoms. The molecule has 1 aliphatic rings. The van der Waals surface area contributed by atoms with Gasteiger partial charge in [-0.05, 0) is 0 Å². The van der Waals surface area contributed by atoms with Crippen molar-refractivity contribution in [3.63, 3.8) is 0 Å². The maximum absolute atomic E-state index is 12.8. The van der Waals surface area contributed by atoms with Crippen molar-refractivity contribution < 1.29 is 18.3 Å². The Morgan fingerprint density at radius 2 is 1.84 bits per heavy atom. The van der Waals surface area contributed by atoms with Crippen LogP contribution in [0.2, 0.25) is 0 Å². The van der Waals surface area contributed by atoms with Crippen LogP contribution in [0.5, 0.6) is 5.75 Å². The van der Waals surface area contributed by atoms with Crippen LogP contribution >= 0.6 is 7.60 Å². The predicted molar refractivity (Wildman–Crippen MR) is 102 cm³/mol. The Hall–Kier alpha value is -1.51. The average molecular weight is 423 g/mol. The van der Waals surface area contributed by atoms with Gasteiger partial charge in [0, 0.05) is 0 Å². The van der Waals surface area contributed by atoms with Crippen LogP contribution in [0.15, 0.2) is 59.1 Å². The summed E-state index contributed by atoms with van der Waals surface area (Å²) in [4.78, 5) is 0. The summed E-state index contributed by atoms with van der Waals surface area (Å²) in [6.45, 7) is 2.22. The van der Waals surface area contributed by atoms with Gasteiger partial charge in [-0.25, -0.2) is 0 Å².